The fourth-order valence-electron chi connectivity index (χ4n) is 1.21. The van der Waals surface area contributed by atoms with Gasteiger partial charge in [0.1, 0.15) is 0 Å². The highest BCUT2D eigenvalue weighted by Gasteiger charge is 2.02. The Labute approximate surface area is 74.8 Å². The monoisotopic (exact) mass is 178 g/mol. The molecule has 0 saturated carbocycles. The number of nitrogens with one attached hydrogen (secondary N) is 1. The van der Waals surface area contributed by atoms with Gasteiger partial charge in [0, 0.05) is 25.8 Å². The molecule has 68 valence electrons. The summed E-state index contributed by atoms with van der Waals surface area (Å²) in [5.74, 6) is -0.411. The number of oxazole rings is 1. The topological polar surface area (TPSA) is 49.2 Å². The van der Waals surface area contributed by atoms with Gasteiger partial charge in [-0.05, 0) is 12.1 Å². The van der Waals surface area contributed by atoms with Gasteiger partial charge in [0.05, 0.1) is 5.52 Å². The van der Waals surface area contributed by atoms with E-state index in [-0.39, 0.29) is 0 Å². The van der Waals surface area contributed by atoms with Crippen molar-refractivity contribution in [2.75, 3.05) is 19.0 Å². The van der Waals surface area contributed by atoms with Gasteiger partial charge in [-0.3, -0.25) is 4.98 Å². The maximum Gasteiger partial charge on any atom is 0.417 e. The van der Waals surface area contributed by atoms with Crippen LogP contribution in [0.25, 0.3) is 11.1 Å². The largest absolute Gasteiger partial charge is 0.417 e. The molecule has 1 heterocycles. The van der Waals surface area contributed by atoms with Crippen LogP contribution in [-0.2, 0) is 0 Å². The zero-order valence-electron chi connectivity index (χ0n) is 7.50. The summed E-state index contributed by atoms with van der Waals surface area (Å²) in [5, 5.41) is 0. The second-order valence-corrected chi connectivity index (χ2v) is 3.09. The molecule has 0 spiro atoms. The standard InChI is InChI=1S/C9H10N2O2/c1-11(2)6-3-4-7-8(5-6)13-9(12)10-7/h3-5H,1-2H3,(H,10,12). The van der Waals surface area contributed by atoms with Crippen LogP contribution < -0.4 is 10.7 Å². The lowest BCUT2D eigenvalue weighted by Crippen LogP contribution is -2.07. The summed E-state index contributed by atoms with van der Waals surface area (Å²) in [4.78, 5) is 15.4. The van der Waals surface area contributed by atoms with E-state index < -0.39 is 5.76 Å². The van der Waals surface area contributed by atoms with Crippen molar-refractivity contribution in [2.24, 2.45) is 0 Å². The van der Waals surface area contributed by atoms with Crippen molar-refractivity contribution in [2.45, 2.75) is 0 Å². The average molecular weight is 178 g/mol. The van der Waals surface area contributed by atoms with Gasteiger partial charge >= 0.3 is 5.76 Å². The van der Waals surface area contributed by atoms with E-state index in [9.17, 15) is 4.79 Å². The molecule has 2 aromatic rings. The molecule has 0 atom stereocenters. The number of H-pyrrole nitrogens is 1. The first-order chi connectivity index (χ1) is 6.16. The van der Waals surface area contributed by atoms with Crippen molar-refractivity contribution in [1.82, 2.24) is 4.98 Å². The van der Waals surface area contributed by atoms with Gasteiger partial charge < -0.3 is 9.32 Å². The molecular weight excluding hydrogens is 168 g/mol. The molecule has 4 nitrogen and oxygen atoms in total. The van der Waals surface area contributed by atoms with Crippen LogP contribution in [0.2, 0.25) is 0 Å². The smallest absolute Gasteiger partial charge is 0.408 e. The Balaban J connectivity index is 2.68. The molecule has 0 unspecified atom stereocenters. The minimum Gasteiger partial charge on any atom is -0.408 e. The molecule has 1 aromatic heterocycles. The summed E-state index contributed by atoms with van der Waals surface area (Å²) in [6.07, 6.45) is 0. The number of anilines is 1. The van der Waals surface area contributed by atoms with E-state index in [1.165, 1.54) is 0 Å². The van der Waals surface area contributed by atoms with Crippen molar-refractivity contribution in [3.63, 3.8) is 0 Å². The van der Waals surface area contributed by atoms with E-state index in [2.05, 4.69) is 4.98 Å². The Morgan fingerprint density at radius 2 is 2.15 bits per heavy atom. The van der Waals surface area contributed by atoms with E-state index in [0.717, 1.165) is 11.2 Å². The fraction of sp³-hybridized carbons (Fsp3) is 0.222. The van der Waals surface area contributed by atoms with Crippen molar-refractivity contribution >= 4 is 16.8 Å². The van der Waals surface area contributed by atoms with Crippen molar-refractivity contribution in [3.05, 3.63) is 28.7 Å². The maximum absolute atomic E-state index is 10.8. The second kappa shape index (κ2) is 2.65. The minimum atomic E-state index is -0.411. The molecule has 0 fully saturated rings. The number of aromatic amines is 1. The zero-order valence-corrected chi connectivity index (χ0v) is 7.50. The number of aromatic nitrogens is 1. The molecule has 0 saturated heterocycles. The molecule has 13 heavy (non-hydrogen) atoms. The Hall–Kier alpha value is -1.71. The van der Waals surface area contributed by atoms with Gasteiger partial charge in [-0.1, -0.05) is 0 Å². The Bertz CT molecular complexity index is 482. The molecule has 0 aliphatic rings. The lowest BCUT2D eigenvalue weighted by molar-refractivity contribution is 0.555. The highest BCUT2D eigenvalue weighted by molar-refractivity contribution is 5.76. The third-order valence-corrected chi connectivity index (χ3v) is 1.92. The predicted molar refractivity (Wildman–Crippen MR) is 51.2 cm³/mol. The van der Waals surface area contributed by atoms with Crippen LogP contribution in [0.3, 0.4) is 0 Å². The van der Waals surface area contributed by atoms with Gasteiger partial charge in [-0.25, -0.2) is 4.79 Å². The van der Waals surface area contributed by atoms with Gasteiger partial charge in [-0.2, -0.15) is 0 Å². The van der Waals surface area contributed by atoms with Crippen molar-refractivity contribution < 1.29 is 4.42 Å². The van der Waals surface area contributed by atoms with Gasteiger partial charge in [0.2, 0.25) is 0 Å². The third kappa shape index (κ3) is 1.30. The van der Waals surface area contributed by atoms with E-state index >= 15 is 0 Å². The molecule has 0 bridgehead atoms. The van der Waals surface area contributed by atoms with Crippen LogP contribution in [0.15, 0.2) is 27.4 Å². The molecule has 0 aliphatic heterocycles. The van der Waals surface area contributed by atoms with E-state index in [4.69, 9.17) is 4.42 Å². The first-order valence-electron chi connectivity index (χ1n) is 3.97. The van der Waals surface area contributed by atoms with Gasteiger partial charge in [-0.15, -0.1) is 0 Å². The van der Waals surface area contributed by atoms with Crippen LogP contribution in [0.5, 0.6) is 0 Å². The zero-order chi connectivity index (χ0) is 9.42. The van der Waals surface area contributed by atoms with Gasteiger partial charge in [0.15, 0.2) is 5.58 Å². The van der Waals surface area contributed by atoms with Crippen molar-refractivity contribution in [3.8, 4) is 0 Å². The molecule has 0 amide bonds. The highest BCUT2D eigenvalue weighted by atomic mass is 16.4. The van der Waals surface area contributed by atoms with E-state index in [1.807, 2.05) is 37.2 Å². The van der Waals surface area contributed by atoms with Crippen LogP contribution in [0.1, 0.15) is 0 Å². The normalized spacial score (nSPS) is 10.6. The number of hydrogen-bond acceptors (Lipinski definition) is 3. The second-order valence-electron chi connectivity index (χ2n) is 3.09. The molecule has 0 aliphatic carbocycles. The third-order valence-electron chi connectivity index (χ3n) is 1.92. The first-order valence-corrected chi connectivity index (χ1v) is 3.97. The Kier molecular flexibility index (Phi) is 1.62. The molecule has 2 rings (SSSR count). The summed E-state index contributed by atoms with van der Waals surface area (Å²) in [6, 6.07) is 5.58. The fourth-order valence-corrected chi connectivity index (χ4v) is 1.21. The molecule has 4 heteroatoms. The summed E-state index contributed by atoms with van der Waals surface area (Å²) in [6.45, 7) is 0. The summed E-state index contributed by atoms with van der Waals surface area (Å²) in [5.41, 5.74) is 2.34. The number of benzene rings is 1. The number of hydrogen-bond donors (Lipinski definition) is 1. The highest BCUT2D eigenvalue weighted by Crippen LogP contribution is 2.17. The molecular formula is C9H10N2O2. The Morgan fingerprint density at radius 1 is 1.38 bits per heavy atom. The van der Waals surface area contributed by atoms with E-state index in [0.29, 0.717) is 5.58 Å². The maximum atomic E-state index is 10.8. The summed E-state index contributed by atoms with van der Waals surface area (Å²) in [7, 11) is 3.87. The van der Waals surface area contributed by atoms with Crippen molar-refractivity contribution in [1.29, 1.82) is 0 Å². The Morgan fingerprint density at radius 3 is 2.85 bits per heavy atom. The van der Waals surface area contributed by atoms with Crippen LogP contribution in [0, 0.1) is 0 Å². The average Bonchev–Trinajstić information content (AvgIpc) is 2.42. The molecule has 1 aromatic carbocycles. The lowest BCUT2D eigenvalue weighted by Gasteiger charge is -2.10. The first kappa shape index (κ1) is 7.91. The molecule has 1 N–H and O–H groups in total. The SMILES string of the molecule is CN(C)c1ccc2[nH]c(=O)oc2c1. The lowest BCUT2D eigenvalue weighted by atomic mass is 10.3. The molecule has 0 radical (unpaired) electrons. The summed E-state index contributed by atoms with van der Waals surface area (Å²) < 4.78 is 4.92. The van der Waals surface area contributed by atoms with Gasteiger partial charge in [0.25, 0.3) is 0 Å². The quantitative estimate of drug-likeness (QED) is 0.713. The predicted octanol–water partition coefficient (Wildman–Crippen LogP) is 1.19. The summed E-state index contributed by atoms with van der Waals surface area (Å²) >= 11 is 0. The minimum absolute atomic E-state index is 0.411. The number of rotatable bonds is 1. The van der Waals surface area contributed by atoms with Crippen LogP contribution >= 0.6 is 0 Å². The van der Waals surface area contributed by atoms with E-state index in [1.54, 1.807) is 0 Å². The number of fused-ring (bicyclic) bond motifs is 1. The van der Waals surface area contributed by atoms with Crippen LogP contribution in [0.4, 0.5) is 5.69 Å². The van der Waals surface area contributed by atoms with Crippen LogP contribution in [-0.4, -0.2) is 19.1 Å². The number of nitrogens with zero attached hydrogens (tertiary/aromatic N) is 1.